The van der Waals surface area contributed by atoms with Crippen molar-refractivity contribution in [3.63, 3.8) is 0 Å². The van der Waals surface area contributed by atoms with Gasteiger partial charge in [0.2, 0.25) is 11.5 Å². The van der Waals surface area contributed by atoms with Crippen LogP contribution in [0.25, 0.3) is 22.1 Å². The molecule has 0 fully saturated rings. The molecule has 0 aliphatic rings. The molecule has 0 atom stereocenters. The number of furan rings is 1. The molecule has 0 aliphatic carbocycles. The third-order valence-corrected chi connectivity index (χ3v) is 3.76. The SMILES string of the molecule is CC(C)Cc1noc(Cn2cnc3c(oc4ccccc43)c2=O)n1. The maximum atomic E-state index is 12.6. The van der Waals surface area contributed by atoms with E-state index in [2.05, 4.69) is 29.0 Å². The Bertz CT molecular complexity index is 1070. The van der Waals surface area contributed by atoms with Crippen LogP contribution in [0.2, 0.25) is 0 Å². The maximum absolute atomic E-state index is 12.6. The fraction of sp³-hybridized carbons (Fsp3) is 0.294. The summed E-state index contributed by atoms with van der Waals surface area (Å²) in [4.78, 5) is 21.3. The molecule has 0 N–H and O–H groups in total. The molecule has 1 aromatic carbocycles. The minimum absolute atomic E-state index is 0.171. The van der Waals surface area contributed by atoms with Crippen LogP contribution in [-0.4, -0.2) is 19.7 Å². The Balaban J connectivity index is 1.72. The Morgan fingerprint density at radius 1 is 1.25 bits per heavy atom. The van der Waals surface area contributed by atoms with E-state index in [0.717, 1.165) is 11.8 Å². The number of rotatable bonds is 4. The molecule has 0 bridgehead atoms. The number of benzene rings is 1. The number of aromatic nitrogens is 4. The number of nitrogens with zero attached hydrogens (tertiary/aromatic N) is 4. The van der Waals surface area contributed by atoms with Gasteiger partial charge in [0, 0.05) is 11.8 Å². The maximum Gasteiger partial charge on any atom is 0.297 e. The lowest BCUT2D eigenvalue weighted by atomic mass is 10.1. The Morgan fingerprint density at radius 2 is 2.08 bits per heavy atom. The van der Waals surface area contributed by atoms with Gasteiger partial charge in [0.15, 0.2) is 5.82 Å². The summed E-state index contributed by atoms with van der Waals surface area (Å²) in [6, 6.07) is 7.45. The Kier molecular flexibility index (Phi) is 3.41. The Morgan fingerprint density at radius 3 is 2.92 bits per heavy atom. The standard InChI is InChI=1S/C17H16N4O3/c1-10(2)7-13-19-14(24-20-13)8-21-9-18-15-11-5-3-4-6-12(11)23-16(15)17(21)22/h3-6,9-10H,7-8H2,1-2H3. The molecule has 24 heavy (non-hydrogen) atoms. The molecule has 3 aromatic heterocycles. The predicted molar refractivity (Wildman–Crippen MR) is 87.7 cm³/mol. The molecule has 7 nitrogen and oxygen atoms in total. The van der Waals surface area contributed by atoms with Crippen molar-refractivity contribution >= 4 is 22.1 Å². The van der Waals surface area contributed by atoms with Crippen molar-refractivity contribution in [1.82, 2.24) is 19.7 Å². The first kappa shape index (κ1) is 14.6. The minimum atomic E-state index is -0.264. The zero-order chi connectivity index (χ0) is 16.7. The monoisotopic (exact) mass is 324 g/mol. The van der Waals surface area contributed by atoms with Crippen LogP contribution in [-0.2, 0) is 13.0 Å². The van der Waals surface area contributed by atoms with E-state index < -0.39 is 0 Å². The Labute approximate surface area is 136 Å². The smallest absolute Gasteiger partial charge is 0.297 e. The Hall–Kier alpha value is -2.96. The van der Waals surface area contributed by atoms with Crippen molar-refractivity contribution in [3.05, 3.63) is 52.7 Å². The molecule has 0 unspecified atom stereocenters. The van der Waals surface area contributed by atoms with Crippen LogP contribution in [0.5, 0.6) is 0 Å². The molecular weight excluding hydrogens is 308 g/mol. The molecule has 4 rings (SSSR count). The van der Waals surface area contributed by atoms with E-state index in [1.165, 1.54) is 10.9 Å². The van der Waals surface area contributed by atoms with Gasteiger partial charge in [-0.1, -0.05) is 31.1 Å². The number of para-hydroxylation sites is 1. The predicted octanol–water partition coefficient (Wildman–Crippen LogP) is 2.77. The molecule has 0 spiro atoms. The van der Waals surface area contributed by atoms with Gasteiger partial charge in [-0.05, 0) is 18.1 Å². The molecule has 0 saturated heterocycles. The molecule has 7 heteroatoms. The van der Waals surface area contributed by atoms with Gasteiger partial charge in [-0.3, -0.25) is 9.36 Å². The quantitative estimate of drug-likeness (QED) is 0.573. The van der Waals surface area contributed by atoms with Crippen molar-refractivity contribution in [3.8, 4) is 0 Å². The number of fused-ring (bicyclic) bond motifs is 3. The summed E-state index contributed by atoms with van der Waals surface area (Å²) in [7, 11) is 0. The van der Waals surface area contributed by atoms with Crippen molar-refractivity contribution in [2.24, 2.45) is 5.92 Å². The highest BCUT2D eigenvalue weighted by molar-refractivity contribution is 6.01. The molecule has 0 radical (unpaired) electrons. The second-order valence-corrected chi connectivity index (χ2v) is 6.16. The highest BCUT2D eigenvalue weighted by Gasteiger charge is 2.15. The minimum Gasteiger partial charge on any atom is -0.448 e. The lowest BCUT2D eigenvalue weighted by Crippen LogP contribution is -2.20. The molecule has 122 valence electrons. The number of hydrogen-bond acceptors (Lipinski definition) is 6. The van der Waals surface area contributed by atoms with Gasteiger partial charge in [-0.2, -0.15) is 4.98 Å². The summed E-state index contributed by atoms with van der Waals surface area (Å²) >= 11 is 0. The van der Waals surface area contributed by atoms with E-state index in [1.54, 1.807) is 0 Å². The van der Waals surface area contributed by atoms with Gasteiger partial charge in [-0.25, -0.2) is 4.98 Å². The molecule has 0 aliphatic heterocycles. The van der Waals surface area contributed by atoms with Crippen LogP contribution in [0.4, 0.5) is 0 Å². The van der Waals surface area contributed by atoms with Gasteiger partial charge in [0.1, 0.15) is 17.6 Å². The second-order valence-electron chi connectivity index (χ2n) is 6.16. The van der Waals surface area contributed by atoms with E-state index in [1.807, 2.05) is 24.3 Å². The van der Waals surface area contributed by atoms with Crippen LogP contribution < -0.4 is 5.56 Å². The second kappa shape index (κ2) is 5.59. The topological polar surface area (TPSA) is 87.0 Å². The van der Waals surface area contributed by atoms with Gasteiger partial charge in [0.25, 0.3) is 5.56 Å². The first-order valence-corrected chi connectivity index (χ1v) is 7.80. The average Bonchev–Trinajstić information content (AvgIpc) is 3.14. The highest BCUT2D eigenvalue weighted by Crippen LogP contribution is 2.24. The van der Waals surface area contributed by atoms with E-state index in [9.17, 15) is 4.79 Å². The van der Waals surface area contributed by atoms with Gasteiger partial charge in [0.05, 0.1) is 6.33 Å². The summed E-state index contributed by atoms with van der Waals surface area (Å²) in [5.41, 5.74) is 1.19. The molecule has 0 amide bonds. The largest absolute Gasteiger partial charge is 0.448 e. The first-order valence-electron chi connectivity index (χ1n) is 7.80. The van der Waals surface area contributed by atoms with Crippen LogP contribution >= 0.6 is 0 Å². The fourth-order valence-electron chi connectivity index (χ4n) is 2.68. The first-order chi connectivity index (χ1) is 11.6. The van der Waals surface area contributed by atoms with E-state index in [-0.39, 0.29) is 17.7 Å². The van der Waals surface area contributed by atoms with Crippen molar-refractivity contribution in [2.45, 2.75) is 26.8 Å². The van der Waals surface area contributed by atoms with Crippen LogP contribution in [0, 0.1) is 5.92 Å². The average molecular weight is 324 g/mol. The summed E-state index contributed by atoms with van der Waals surface area (Å²) in [5, 5.41) is 4.76. The van der Waals surface area contributed by atoms with Crippen LogP contribution in [0.3, 0.4) is 0 Å². The third-order valence-electron chi connectivity index (χ3n) is 3.76. The summed E-state index contributed by atoms with van der Waals surface area (Å²) in [6.45, 7) is 4.34. The molecule has 3 heterocycles. The van der Waals surface area contributed by atoms with Gasteiger partial charge in [-0.15, -0.1) is 0 Å². The van der Waals surface area contributed by atoms with E-state index in [0.29, 0.717) is 28.7 Å². The summed E-state index contributed by atoms with van der Waals surface area (Å²) in [6.07, 6.45) is 2.22. The molecular formula is C17H16N4O3. The fourth-order valence-corrected chi connectivity index (χ4v) is 2.68. The van der Waals surface area contributed by atoms with Crippen LogP contribution in [0.1, 0.15) is 25.6 Å². The number of hydrogen-bond donors (Lipinski definition) is 0. The van der Waals surface area contributed by atoms with Crippen molar-refractivity contribution < 1.29 is 8.94 Å². The van der Waals surface area contributed by atoms with Crippen molar-refractivity contribution in [2.75, 3.05) is 0 Å². The van der Waals surface area contributed by atoms with E-state index >= 15 is 0 Å². The van der Waals surface area contributed by atoms with Crippen molar-refractivity contribution in [1.29, 1.82) is 0 Å². The zero-order valence-electron chi connectivity index (χ0n) is 13.4. The van der Waals surface area contributed by atoms with Gasteiger partial charge >= 0.3 is 0 Å². The van der Waals surface area contributed by atoms with Crippen LogP contribution in [0.15, 0.2) is 44.3 Å². The lowest BCUT2D eigenvalue weighted by Gasteiger charge is -2.00. The summed E-state index contributed by atoms with van der Waals surface area (Å²) in [5.74, 6) is 1.46. The van der Waals surface area contributed by atoms with E-state index in [4.69, 9.17) is 8.94 Å². The summed E-state index contributed by atoms with van der Waals surface area (Å²) < 4.78 is 12.3. The van der Waals surface area contributed by atoms with Gasteiger partial charge < -0.3 is 8.94 Å². The molecule has 0 saturated carbocycles. The third kappa shape index (κ3) is 2.47. The molecule has 4 aromatic rings. The highest BCUT2D eigenvalue weighted by atomic mass is 16.5. The lowest BCUT2D eigenvalue weighted by molar-refractivity contribution is 0.362. The normalized spacial score (nSPS) is 11.8. The zero-order valence-corrected chi connectivity index (χ0v) is 13.4.